The molecule has 1 aromatic rings. The lowest BCUT2D eigenvalue weighted by Gasteiger charge is -2.06. The van der Waals surface area contributed by atoms with Crippen LogP contribution in [0, 0.1) is 0 Å². The summed E-state index contributed by atoms with van der Waals surface area (Å²) < 4.78 is 0. The van der Waals surface area contributed by atoms with E-state index in [2.05, 4.69) is 5.32 Å². The molecular weight excluding hydrogens is 225 g/mol. The van der Waals surface area contributed by atoms with Crippen LogP contribution >= 0.6 is 23.2 Å². The van der Waals surface area contributed by atoms with Gasteiger partial charge in [0.05, 0.1) is 10.0 Å². The van der Waals surface area contributed by atoms with E-state index >= 15 is 0 Å². The summed E-state index contributed by atoms with van der Waals surface area (Å²) in [5, 5.41) is 13.4. The van der Waals surface area contributed by atoms with Gasteiger partial charge < -0.3 is 5.32 Å². The fraction of sp³-hybridized carbons (Fsp3) is 0.222. The van der Waals surface area contributed by atoms with Crippen LogP contribution in [0.5, 0.6) is 0 Å². The molecule has 0 saturated heterocycles. The lowest BCUT2D eigenvalue weighted by molar-refractivity contribution is -0.125. The van der Waals surface area contributed by atoms with Crippen LogP contribution in [0.3, 0.4) is 0 Å². The maximum atomic E-state index is 10.7. The van der Waals surface area contributed by atoms with Crippen molar-refractivity contribution < 1.29 is 9.90 Å². The van der Waals surface area contributed by atoms with Gasteiger partial charge in [0.2, 0.25) is 5.91 Å². The Bertz CT molecular complexity index is 342. The SMILES string of the molecule is [O]CC(=O)NCc1cccc(Cl)c1Cl. The zero-order chi connectivity index (χ0) is 10.6. The van der Waals surface area contributed by atoms with Crippen LogP contribution in [0.4, 0.5) is 0 Å². The molecule has 0 spiro atoms. The maximum absolute atomic E-state index is 10.7. The number of benzene rings is 1. The number of hydrogen-bond donors (Lipinski definition) is 1. The number of hydrogen-bond acceptors (Lipinski definition) is 1. The van der Waals surface area contributed by atoms with Crippen LogP contribution in [0.1, 0.15) is 5.56 Å². The van der Waals surface area contributed by atoms with E-state index in [-0.39, 0.29) is 6.54 Å². The number of halogens is 2. The van der Waals surface area contributed by atoms with Crippen molar-refractivity contribution in [1.82, 2.24) is 5.32 Å². The molecule has 5 heteroatoms. The molecule has 1 radical (unpaired) electrons. The van der Waals surface area contributed by atoms with Crippen LogP contribution in [-0.4, -0.2) is 12.5 Å². The van der Waals surface area contributed by atoms with Crippen LogP contribution in [0.2, 0.25) is 10.0 Å². The number of nitrogens with one attached hydrogen (secondary N) is 1. The number of amides is 1. The predicted molar refractivity (Wildman–Crippen MR) is 53.9 cm³/mol. The minimum atomic E-state index is -0.780. The summed E-state index contributed by atoms with van der Waals surface area (Å²) in [7, 11) is 0. The van der Waals surface area contributed by atoms with E-state index in [9.17, 15) is 9.90 Å². The van der Waals surface area contributed by atoms with Crippen molar-refractivity contribution in [1.29, 1.82) is 0 Å². The van der Waals surface area contributed by atoms with Crippen molar-refractivity contribution in [3.05, 3.63) is 33.8 Å². The fourth-order valence-corrected chi connectivity index (χ4v) is 1.32. The highest BCUT2D eigenvalue weighted by molar-refractivity contribution is 6.42. The van der Waals surface area contributed by atoms with E-state index < -0.39 is 12.5 Å². The van der Waals surface area contributed by atoms with Gasteiger partial charge in [-0.05, 0) is 11.6 Å². The molecule has 0 aliphatic heterocycles. The lowest BCUT2D eigenvalue weighted by Crippen LogP contribution is -2.25. The van der Waals surface area contributed by atoms with Crippen LogP contribution in [0.25, 0.3) is 0 Å². The molecule has 14 heavy (non-hydrogen) atoms. The molecule has 0 atom stereocenters. The van der Waals surface area contributed by atoms with Gasteiger partial charge in [0.1, 0.15) is 0 Å². The molecule has 0 aliphatic carbocycles. The molecule has 1 rings (SSSR count). The monoisotopic (exact) mass is 232 g/mol. The molecule has 75 valence electrons. The van der Waals surface area contributed by atoms with Gasteiger partial charge in [-0.3, -0.25) is 4.79 Å². The van der Waals surface area contributed by atoms with Gasteiger partial charge in [-0.15, -0.1) is 0 Å². The Balaban J connectivity index is 2.68. The molecule has 0 unspecified atom stereocenters. The van der Waals surface area contributed by atoms with Gasteiger partial charge in [-0.1, -0.05) is 35.3 Å². The molecule has 1 amide bonds. The lowest BCUT2D eigenvalue weighted by atomic mass is 10.2. The molecule has 1 N–H and O–H groups in total. The average molecular weight is 233 g/mol. The molecular formula is C9H8Cl2NO2. The van der Waals surface area contributed by atoms with E-state index in [1.807, 2.05) is 0 Å². The highest BCUT2D eigenvalue weighted by Crippen LogP contribution is 2.25. The highest BCUT2D eigenvalue weighted by atomic mass is 35.5. The zero-order valence-corrected chi connectivity index (χ0v) is 8.73. The second kappa shape index (κ2) is 5.20. The second-order valence-electron chi connectivity index (χ2n) is 2.63. The number of carbonyl (C=O) groups is 1. The second-order valence-corrected chi connectivity index (χ2v) is 3.42. The van der Waals surface area contributed by atoms with E-state index in [1.54, 1.807) is 18.2 Å². The molecule has 0 bridgehead atoms. The molecule has 0 aliphatic rings. The Hall–Kier alpha value is -0.770. The van der Waals surface area contributed by atoms with Gasteiger partial charge >= 0.3 is 0 Å². The van der Waals surface area contributed by atoms with Gasteiger partial charge in [0, 0.05) is 6.54 Å². The van der Waals surface area contributed by atoms with Crippen LogP contribution < -0.4 is 5.32 Å². The van der Waals surface area contributed by atoms with Crippen molar-refractivity contribution in [3.63, 3.8) is 0 Å². The van der Waals surface area contributed by atoms with E-state index in [4.69, 9.17) is 23.2 Å². The van der Waals surface area contributed by atoms with Crippen molar-refractivity contribution in [2.45, 2.75) is 6.54 Å². The van der Waals surface area contributed by atoms with Gasteiger partial charge in [0.15, 0.2) is 6.61 Å². The van der Waals surface area contributed by atoms with Gasteiger partial charge in [-0.2, -0.15) is 0 Å². The van der Waals surface area contributed by atoms with Crippen molar-refractivity contribution >= 4 is 29.1 Å². The first-order valence-electron chi connectivity index (χ1n) is 3.93. The summed E-state index contributed by atoms with van der Waals surface area (Å²) in [6, 6.07) is 5.12. The summed E-state index contributed by atoms with van der Waals surface area (Å²) in [4.78, 5) is 10.7. The molecule has 0 aromatic heterocycles. The smallest absolute Gasteiger partial charge is 0.249 e. The fourth-order valence-electron chi connectivity index (χ4n) is 0.930. The first-order chi connectivity index (χ1) is 6.65. The third kappa shape index (κ3) is 2.87. The summed E-state index contributed by atoms with van der Waals surface area (Å²) in [6.07, 6.45) is 0. The van der Waals surface area contributed by atoms with Gasteiger partial charge in [0.25, 0.3) is 0 Å². The predicted octanol–water partition coefficient (Wildman–Crippen LogP) is 2.04. The Morgan fingerprint density at radius 2 is 2.07 bits per heavy atom. The topological polar surface area (TPSA) is 49.0 Å². The number of rotatable bonds is 3. The molecule has 1 aromatic carbocycles. The van der Waals surface area contributed by atoms with Crippen molar-refractivity contribution in [2.75, 3.05) is 6.61 Å². The largest absolute Gasteiger partial charge is 0.350 e. The molecule has 3 nitrogen and oxygen atoms in total. The summed E-state index contributed by atoms with van der Waals surface area (Å²) in [5.41, 5.74) is 0.695. The molecule has 0 fully saturated rings. The summed E-state index contributed by atoms with van der Waals surface area (Å²) in [5.74, 6) is -0.555. The van der Waals surface area contributed by atoms with Crippen LogP contribution in [0.15, 0.2) is 18.2 Å². The third-order valence-corrected chi connectivity index (χ3v) is 2.50. The van der Waals surface area contributed by atoms with E-state index in [0.717, 1.165) is 0 Å². The van der Waals surface area contributed by atoms with E-state index in [0.29, 0.717) is 15.6 Å². The first kappa shape index (κ1) is 11.3. The Morgan fingerprint density at radius 1 is 1.36 bits per heavy atom. The maximum Gasteiger partial charge on any atom is 0.249 e. The minimum Gasteiger partial charge on any atom is -0.350 e. The molecule has 0 heterocycles. The quantitative estimate of drug-likeness (QED) is 0.853. The Kier molecular flexibility index (Phi) is 4.20. The van der Waals surface area contributed by atoms with Gasteiger partial charge in [-0.25, -0.2) is 5.11 Å². The minimum absolute atomic E-state index is 0.223. The first-order valence-corrected chi connectivity index (χ1v) is 4.68. The standard InChI is InChI=1S/C9H8Cl2NO2/c10-7-3-1-2-6(9(7)11)4-12-8(14)5-13/h1-3H,4-5H2,(H,12,14). The number of carbonyl (C=O) groups excluding carboxylic acids is 1. The zero-order valence-electron chi connectivity index (χ0n) is 7.22. The third-order valence-electron chi connectivity index (χ3n) is 1.64. The van der Waals surface area contributed by atoms with Crippen molar-refractivity contribution in [3.8, 4) is 0 Å². The van der Waals surface area contributed by atoms with E-state index in [1.165, 1.54) is 0 Å². The molecule has 0 saturated carbocycles. The Labute approximate surface area is 91.6 Å². The summed E-state index contributed by atoms with van der Waals surface area (Å²) in [6.45, 7) is -0.557. The Morgan fingerprint density at radius 3 is 2.71 bits per heavy atom. The normalized spacial score (nSPS) is 9.93. The average Bonchev–Trinajstić information content (AvgIpc) is 2.20. The highest BCUT2D eigenvalue weighted by Gasteiger charge is 2.05. The van der Waals surface area contributed by atoms with Crippen molar-refractivity contribution in [2.24, 2.45) is 0 Å². The summed E-state index contributed by atoms with van der Waals surface area (Å²) >= 11 is 11.6. The van der Waals surface area contributed by atoms with Crippen LogP contribution in [-0.2, 0) is 16.4 Å².